The minimum atomic E-state index is -0.431. The van der Waals surface area contributed by atoms with Crippen molar-refractivity contribution in [2.24, 2.45) is 5.10 Å². The van der Waals surface area contributed by atoms with E-state index in [0.717, 1.165) is 5.01 Å². The summed E-state index contributed by atoms with van der Waals surface area (Å²) < 4.78 is 5.59. The van der Waals surface area contributed by atoms with Gasteiger partial charge in [0.05, 0.1) is 11.3 Å². The third-order valence-electron chi connectivity index (χ3n) is 3.42. The first-order chi connectivity index (χ1) is 11.5. The van der Waals surface area contributed by atoms with Crippen LogP contribution in [0.2, 0.25) is 0 Å². The zero-order valence-corrected chi connectivity index (χ0v) is 13.1. The molecule has 1 aromatic carbocycles. The molecule has 0 saturated heterocycles. The van der Waals surface area contributed by atoms with E-state index < -0.39 is 5.91 Å². The Morgan fingerprint density at radius 2 is 1.96 bits per heavy atom. The molecule has 0 aliphatic carbocycles. The second kappa shape index (κ2) is 5.93. The number of anilines is 2. The summed E-state index contributed by atoms with van der Waals surface area (Å²) in [5.41, 5.74) is 0.628. The number of hydrogen-bond acceptors (Lipinski definition) is 6. The number of phenols is 1. The number of rotatable bonds is 3. The first kappa shape index (κ1) is 15.4. The van der Waals surface area contributed by atoms with Crippen molar-refractivity contribution >= 4 is 29.3 Å². The van der Waals surface area contributed by atoms with Gasteiger partial charge in [-0.05, 0) is 36.4 Å². The van der Waals surface area contributed by atoms with E-state index in [0.29, 0.717) is 17.3 Å². The highest BCUT2D eigenvalue weighted by Crippen LogP contribution is 2.27. The first-order valence-electron chi connectivity index (χ1n) is 7.11. The largest absolute Gasteiger partial charge is 0.508 e. The van der Waals surface area contributed by atoms with Crippen LogP contribution in [-0.2, 0) is 4.79 Å². The topological polar surface area (TPSA) is 93.1 Å². The summed E-state index contributed by atoms with van der Waals surface area (Å²) in [6.07, 6.45) is 1.50. The van der Waals surface area contributed by atoms with Gasteiger partial charge in [0, 0.05) is 20.2 Å². The number of nitrogens with zero attached hydrogens (tertiary/aromatic N) is 4. The number of benzene rings is 1. The van der Waals surface area contributed by atoms with E-state index in [2.05, 4.69) is 5.10 Å². The van der Waals surface area contributed by atoms with Gasteiger partial charge in [-0.25, -0.2) is 0 Å². The molecule has 0 unspecified atom stereocenters. The van der Waals surface area contributed by atoms with E-state index in [1.807, 2.05) is 20.2 Å². The number of hydrazone groups is 1. The van der Waals surface area contributed by atoms with E-state index >= 15 is 0 Å². The number of nitriles is 1. The van der Waals surface area contributed by atoms with Crippen molar-refractivity contribution in [3.8, 4) is 11.8 Å². The number of carbonyl (C=O) groups excluding carboxylic acids is 1. The lowest BCUT2D eigenvalue weighted by molar-refractivity contribution is -0.114. The van der Waals surface area contributed by atoms with Crippen LogP contribution in [0.1, 0.15) is 5.76 Å². The molecular formula is C17H14N4O3. The molecule has 1 N–H and O–H groups in total. The average molecular weight is 322 g/mol. The number of hydrogen-bond donors (Lipinski definition) is 1. The monoisotopic (exact) mass is 322 g/mol. The van der Waals surface area contributed by atoms with Crippen LogP contribution in [0.25, 0.3) is 6.08 Å². The molecule has 0 radical (unpaired) electrons. The Morgan fingerprint density at radius 3 is 2.54 bits per heavy atom. The van der Waals surface area contributed by atoms with Crippen LogP contribution in [0.3, 0.4) is 0 Å². The fraction of sp³-hybridized carbons (Fsp3) is 0.118. The van der Waals surface area contributed by atoms with Gasteiger partial charge in [-0.3, -0.25) is 4.79 Å². The zero-order valence-electron chi connectivity index (χ0n) is 13.1. The SMILES string of the molecule is CN(C)c1ccc(C=C2C(=O)N(c3ccc(O)cc3)N=C2C#N)o1. The van der Waals surface area contributed by atoms with Crippen molar-refractivity contribution in [1.29, 1.82) is 5.26 Å². The molecule has 0 spiro atoms. The Balaban J connectivity index is 1.95. The van der Waals surface area contributed by atoms with E-state index in [1.54, 1.807) is 29.2 Å². The molecule has 0 bridgehead atoms. The normalized spacial score (nSPS) is 15.5. The minimum Gasteiger partial charge on any atom is -0.508 e. The number of phenolic OH excluding ortho intramolecular Hbond substituents is 1. The summed E-state index contributed by atoms with van der Waals surface area (Å²) in [5.74, 6) is 0.744. The van der Waals surface area contributed by atoms with Crippen LogP contribution >= 0.6 is 0 Å². The summed E-state index contributed by atoms with van der Waals surface area (Å²) in [7, 11) is 3.68. The second-order valence-electron chi connectivity index (χ2n) is 5.32. The molecule has 2 heterocycles. The molecule has 0 saturated carbocycles. The van der Waals surface area contributed by atoms with Gasteiger partial charge >= 0.3 is 0 Å². The summed E-state index contributed by atoms with van der Waals surface area (Å²) in [6, 6.07) is 11.4. The molecule has 7 nitrogen and oxygen atoms in total. The predicted molar refractivity (Wildman–Crippen MR) is 89.7 cm³/mol. The maximum atomic E-state index is 12.6. The van der Waals surface area contributed by atoms with Crippen molar-refractivity contribution < 1.29 is 14.3 Å². The summed E-state index contributed by atoms with van der Waals surface area (Å²) in [5, 5.41) is 23.8. The average Bonchev–Trinajstić information content (AvgIpc) is 3.15. The van der Waals surface area contributed by atoms with Gasteiger partial charge in [-0.15, -0.1) is 0 Å². The van der Waals surface area contributed by atoms with E-state index in [4.69, 9.17) is 4.42 Å². The summed E-state index contributed by atoms with van der Waals surface area (Å²) in [4.78, 5) is 14.4. The van der Waals surface area contributed by atoms with Crippen molar-refractivity contribution in [3.63, 3.8) is 0 Å². The molecule has 0 fully saturated rings. The lowest BCUT2D eigenvalue weighted by atomic mass is 10.1. The van der Waals surface area contributed by atoms with Crippen LogP contribution in [0, 0.1) is 11.3 Å². The number of carbonyl (C=O) groups is 1. The van der Waals surface area contributed by atoms with Gasteiger partial charge in [0.2, 0.25) is 0 Å². The minimum absolute atomic E-state index is 0.0101. The predicted octanol–water partition coefficient (Wildman–Crippen LogP) is 2.36. The molecule has 0 atom stereocenters. The Kier molecular flexibility index (Phi) is 3.80. The molecule has 2 aromatic rings. The molecule has 3 rings (SSSR count). The number of aromatic hydroxyl groups is 1. The van der Waals surface area contributed by atoms with Crippen LogP contribution in [0.15, 0.2) is 51.5 Å². The van der Waals surface area contributed by atoms with Crippen molar-refractivity contribution in [2.75, 3.05) is 24.0 Å². The third-order valence-corrected chi connectivity index (χ3v) is 3.42. The fourth-order valence-electron chi connectivity index (χ4n) is 2.20. The molecule has 1 amide bonds. The van der Waals surface area contributed by atoms with Gasteiger partial charge in [0.1, 0.15) is 17.6 Å². The fourth-order valence-corrected chi connectivity index (χ4v) is 2.20. The zero-order chi connectivity index (χ0) is 17.3. The van der Waals surface area contributed by atoms with Gasteiger partial charge in [0.15, 0.2) is 11.6 Å². The van der Waals surface area contributed by atoms with Crippen molar-refractivity contribution in [3.05, 3.63) is 47.7 Å². The smallest absolute Gasteiger partial charge is 0.281 e. The van der Waals surface area contributed by atoms with Crippen molar-refractivity contribution in [2.45, 2.75) is 0 Å². The molecule has 7 heteroatoms. The standard InChI is InChI=1S/C17H14N4O3/c1-20(2)16-8-7-13(24-16)9-14-15(10-18)19-21(17(14)23)11-3-5-12(22)6-4-11/h3-9,22H,1-2H3. The molecule has 120 valence electrons. The Morgan fingerprint density at radius 1 is 1.25 bits per heavy atom. The molecular weight excluding hydrogens is 308 g/mol. The number of amides is 1. The van der Waals surface area contributed by atoms with Gasteiger partial charge < -0.3 is 14.4 Å². The molecule has 1 aliphatic rings. The third kappa shape index (κ3) is 2.73. The first-order valence-corrected chi connectivity index (χ1v) is 7.11. The van der Waals surface area contributed by atoms with E-state index in [-0.39, 0.29) is 17.0 Å². The van der Waals surface area contributed by atoms with E-state index in [9.17, 15) is 15.2 Å². The Labute approximate surface area is 138 Å². The maximum Gasteiger partial charge on any atom is 0.281 e. The Bertz CT molecular complexity index is 885. The summed E-state index contributed by atoms with van der Waals surface area (Å²) >= 11 is 0. The van der Waals surface area contributed by atoms with Gasteiger partial charge in [0.25, 0.3) is 5.91 Å². The highest BCUT2D eigenvalue weighted by molar-refractivity contribution is 6.37. The molecule has 1 aliphatic heterocycles. The quantitative estimate of drug-likeness (QED) is 0.876. The highest BCUT2D eigenvalue weighted by Gasteiger charge is 2.31. The Hall–Kier alpha value is -3.53. The number of furan rings is 1. The van der Waals surface area contributed by atoms with Crippen LogP contribution in [0.5, 0.6) is 5.75 Å². The highest BCUT2D eigenvalue weighted by atomic mass is 16.4. The maximum absolute atomic E-state index is 12.6. The molecule has 24 heavy (non-hydrogen) atoms. The second-order valence-corrected chi connectivity index (χ2v) is 5.32. The van der Waals surface area contributed by atoms with Crippen LogP contribution in [0.4, 0.5) is 11.6 Å². The summed E-state index contributed by atoms with van der Waals surface area (Å²) in [6.45, 7) is 0. The van der Waals surface area contributed by atoms with E-state index in [1.165, 1.54) is 18.2 Å². The van der Waals surface area contributed by atoms with Gasteiger partial charge in [-0.1, -0.05) is 0 Å². The lowest BCUT2D eigenvalue weighted by Gasteiger charge is -2.11. The van der Waals surface area contributed by atoms with Crippen LogP contribution in [-0.4, -0.2) is 30.8 Å². The van der Waals surface area contributed by atoms with Crippen LogP contribution < -0.4 is 9.91 Å². The van der Waals surface area contributed by atoms with Crippen molar-refractivity contribution in [1.82, 2.24) is 0 Å². The lowest BCUT2D eigenvalue weighted by Crippen LogP contribution is -2.21. The van der Waals surface area contributed by atoms with Gasteiger partial charge in [-0.2, -0.15) is 15.4 Å². The molecule has 1 aromatic heterocycles.